The summed E-state index contributed by atoms with van der Waals surface area (Å²) in [5.41, 5.74) is 2.13. The Balaban J connectivity index is 2.03. The van der Waals surface area contributed by atoms with Gasteiger partial charge < -0.3 is 33.2 Å². The van der Waals surface area contributed by atoms with Crippen LogP contribution in [0.3, 0.4) is 0 Å². The number of methoxy groups -OCH3 is 7. The fourth-order valence-electron chi connectivity index (χ4n) is 4.72. The topological polar surface area (TPSA) is 64.6 Å². The average Bonchev–Trinajstić information content (AvgIpc) is 3.25. The molecule has 0 radical (unpaired) electrons. The summed E-state index contributed by atoms with van der Waals surface area (Å²) in [5.74, 6) is 4.05. The molecule has 1 aliphatic rings. The molecule has 7 nitrogen and oxygen atoms in total. The largest absolute Gasteiger partial charge is 0.493 e. The van der Waals surface area contributed by atoms with Crippen LogP contribution in [0.25, 0.3) is 0 Å². The van der Waals surface area contributed by atoms with E-state index < -0.39 is 0 Å². The lowest BCUT2D eigenvalue weighted by molar-refractivity contribution is 0.0798. The highest BCUT2D eigenvalue weighted by atomic mass is 16.5. The fraction of sp³-hybridized carbons (Fsp3) is 0.500. The molecule has 7 heteroatoms. The van der Waals surface area contributed by atoms with Crippen molar-refractivity contribution in [2.24, 2.45) is 0 Å². The SMILES string of the molecule is COc1cc([C@H]2CC[C@@H](c3ccc(OC)c(OC)c3OC)[C@@H]2OC)cc(OC)c1OC. The molecule has 0 spiro atoms. The van der Waals surface area contributed by atoms with Crippen LogP contribution in [0.2, 0.25) is 0 Å². The van der Waals surface area contributed by atoms with Crippen molar-refractivity contribution in [3.05, 3.63) is 35.4 Å². The fourth-order valence-corrected chi connectivity index (χ4v) is 4.72. The van der Waals surface area contributed by atoms with E-state index in [0.29, 0.717) is 34.5 Å². The molecular formula is C24H32O7. The van der Waals surface area contributed by atoms with Gasteiger partial charge in [-0.1, -0.05) is 6.07 Å². The highest BCUT2D eigenvalue weighted by Crippen LogP contribution is 2.52. The maximum Gasteiger partial charge on any atom is 0.203 e. The third-order valence-corrected chi connectivity index (χ3v) is 6.10. The van der Waals surface area contributed by atoms with Gasteiger partial charge in [-0.05, 0) is 36.6 Å². The summed E-state index contributed by atoms with van der Waals surface area (Å²) >= 11 is 0. The third-order valence-electron chi connectivity index (χ3n) is 6.10. The molecule has 2 aromatic carbocycles. The Labute approximate surface area is 184 Å². The standard InChI is InChI=1S/C24H32O7/c1-25-18-11-10-17(22(29-5)24(18)31-7)16-9-8-15(21(16)28-4)14-12-19(26-2)23(30-6)20(13-14)27-3/h10-13,15-16,21H,8-9H2,1-7H3/t15-,16+,21-/m1/s1. The quantitative estimate of drug-likeness (QED) is 0.581. The van der Waals surface area contributed by atoms with E-state index in [1.54, 1.807) is 49.8 Å². The van der Waals surface area contributed by atoms with Crippen LogP contribution < -0.4 is 28.4 Å². The normalized spacial score (nSPS) is 20.3. The van der Waals surface area contributed by atoms with Gasteiger partial charge in [0.25, 0.3) is 0 Å². The summed E-state index contributed by atoms with van der Waals surface area (Å²) in [5, 5.41) is 0. The lowest BCUT2D eigenvalue weighted by atomic mass is 9.88. The molecule has 0 saturated heterocycles. The zero-order valence-electron chi connectivity index (χ0n) is 19.3. The van der Waals surface area contributed by atoms with Crippen LogP contribution in [-0.4, -0.2) is 55.9 Å². The Kier molecular flexibility index (Phi) is 7.38. The van der Waals surface area contributed by atoms with Crippen molar-refractivity contribution in [3.8, 4) is 34.5 Å². The first kappa shape index (κ1) is 22.9. The summed E-state index contributed by atoms with van der Waals surface area (Å²) in [4.78, 5) is 0. The van der Waals surface area contributed by atoms with Crippen LogP contribution in [-0.2, 0) is 4.74 Å². The number of hydrogen-bond acceptors (Lipinski definition) is 7. The first-order valence-electron chi connectivity index (χ1n) is 10.2. The monoisotopic (exact) mass is 432 g/mol. The van der Waals surface area contributed by atoms with Gasteiger partial charge in [0.2, 0.25) is 11.5 Å². The predicted molar refractivity (Wildman–Crippen MR) is 118 cm³/mol. The number of rotatable bonds is 9. The van der Waals surface area contributed by atoms with Gasteiger partial charge in [-0.2, -0.15) is 0 Å². The van der Waals surface area contributed by atoms with Crippen molar-refractivity contribution in [1.29, 1.82) is 0 Å². The summed E-state index contributed by atoms with van der Waals surface area (Å²) in [7, 11) is 11.5. The zero-order chi connectivity index (χ0) is 22.5. The number of ether oxygens (including phenoxy) is 7. The lowest BCUT2D eigenvalue weighted by Crippen LogP contribution is -2.22. The van der Waals surface area contributed by atoms with Crippen molar-refractivity contribution >= 4 is 0 Å². The average molecular weight is 433 g/mol. The second-order valence-corrected chi connectivity index (χ2v) is 7.37. The highest BCUT2D eigenvalue weighted by Gasteiger charge is 2.41. The molecule has 0 N–H and O–H groups in total. The lowest BCUT2D eigenvalue weighted by Gasteiger charge is -2.27. The predicted octanol–water partition coefficient (Wildman–Crippen LogP) is 4.41. The second-order valence-electron chi connectivity index (χ2n) is 7.37. The molecule has 0 heterocycles. The molecule has 1 saturated carbocycles. The van der Waals surface area contributed by atoms with E-state index in [1.165, 1.54) is 0 Å². The minimum atomic E-state index is -0.0604. The number of benzene rings is 2. The van der Waals surface area contributed by atoms with Crippen molar-refractivity contribution in [1.82, 2.24) is 0 Å². The van der Waals surface area contributed by atoms with Crippen molar-refractivity contribution in [2.75, 3.05) is 49.8 Å². The molecule has 0 aliphatic heterocycles. The van der Waals surface area contributed by atoms with Crippen molar-refractivity contribution in [2.45, 2.75) is 30.8 Å². The minimum absolute atomic E-state index is 0.0604. The Hall–Kier alpha value is -2.80. The summed E-state index contributed by atoms with van der Waals surface area (Å²) in [6.07, 6.45) is 1.82. The van der Waals surface area contributed by atoms with E-state index in [0.717, 1.165) is 24.0 Å². The molecule has 3 rings (SSSR count). The second kappa shape index (κ2) is 10.0. The number of hydrogen-bond donors (Lipinski definition) is 0. The Morgan fingerprint density at radius 1 is 0.581 bits per heavy atom. The van der Waals surface area contributed by atoms with Crippen LogP contribution in [0.5, 0.6) is 34.5 Å². The van der Waals surface area contributed by atoms with Gasteiger partial charge in [0.05, 0.1) is 48.8 Å². The Bertz CT molecular complexity index is 871. The van der Waals surface area contributed by atoms with E-state index in [-0.39, 0.29) is 17.9 Å². The van der Waals surface area contributed by atoms with Gasteiger partial charge >= 0.3 is 0 Å². The van der Waals surface area contributed by atoms with Crippen LogP contribution >= 0.6 is 0 Å². The van der Waals surface area contributed by atoms with E-state index >= 15 is 0 Å². The van der Waals surface area contributed by atoms with Crippen molar-refractivity contribution < 1.29 is 33.2 Å². The molecular weight excluding hydrogens is 400 g/mol. The molecule has 0 amide bonds. The van der Waals surface area contributed by atoms with Gasteiger partial charge in [-0.3, -0.25) is 0 Å². The van der Waals surface area contributed by atoms with E-state index in [4.69, 9.17) is 33.2 Å². The molecule has 31 heavy (non-hydrogen) atoms. The van der Waals surface area contributed by atoms with Gasteiger partial charge in [-0.25, -0.2) is 0 Å². The third kappa shape index (κ3) is 4.06. The van der Waals surface area contributed by atoms with E-state index in [1.807, 2.05) is 24.3 Å². The van der Waals surface area contributed by atoms with Gasteiger partial charge in [-0.15, -0.1) is 0 Å². The summed E-state index contributed by atoms with van der Waals surface area (Å²) in [6.45, 7) is 0. The molecule has 1 fully saturated rings. The molecule has 1 aliphatic carbocycles. The van der Waals surface area contributed by atoms with E-state index in [9.17, 15) is 0 Å². The van der Waals surface area contributed by atoms with Gasteiger partial charge in [0.1, 0.15) is 0 Å². The smallest absolute Gasteiger partial charge is 0.203 e. The molecule has 0 unspecified atom stereocenters. The van der Waals surface area contributed by atoms with E-state index in [2.05, 4.69) is 0 Å². The zero-order valence-corrected chi connectivity index (χ0v) is 19.3. The maximum absolute atomic E-state index is 6.04. The molecule has 170 valence electrons. The van der Waals surface area contributed by atoms with Gasteiger partial charge in [0.15, 0.2) is 23.0 Å². The van der Waals surface area contributed by atoms with Crippen LogP contribution in [0.1, 0.15) is 35.8 Å². The molecule has 3 atom stereocenters. The Morgan fingerprint density at radius 3 is 1.61 bits per heavy atom. The van der Waals surface area contributed by atoms with Crippen molar-refractivity contribution in [3.63, 3.8) is 0 Å². The first-order valence-corrected chi connectivity index (χ1v) is 10.2. The highest BCUT2D eigenvalue weighted by molar-refractivity contribution is 5.58. The summed E-state index contributed by atoms with van der Waals surface area (Å²) < 4.78 is 39.4. The first-order chi connectivity index (χ1) is 15.1. The molecule has 0 bridgehead atoms. The van der Waals surface area contributed by atoms with Gasteiger partial charge in [0, 0.05) is 24.5 Å². The van der Waals surface area contributed by atoms with Crippen LogP contribution in [0.4, 0.5) is 0 Å². The van der Waals surface area contributed by atoms with Crippen LogP contribution in [0, 0.1) is 0 Å². The van der Waals surface area contributed by atoms with Crippen LogP contribution in [0.15, 0.2) is 24.3 Å². The minimum Gasteiger partial charge on any atom is -0.493 e. The summed E-state index contributed by atoms with van der Waals surface area (Å²) in [6, 6.07) is 7.96. The molecule has 0 aromatic heterocycles. The molecule has 2 aromatic rings. The maximum atomic E-state index is 6.04. The Morgan fingerprint density at radius 2 is 1.13 bits per heavy atom.